The highest BCUT2D eigenvalue weighted by Crippen LogP contribution is 2.13. The molecule has 0 spiro atoms. The molecule has 2 heterocycles. The zero-order valence-corrected chi connectivity index (χ0v) is 9.28. The molecule has 78 valence electrons. The Morgan fingerprint density at radius 3 is 2.87 bits per heavy atom. The second-order valence-electron chi connectivity index (χ2n) is 2.87. The monoisotopic (exact) mass is 269 g/mol. The zero-order valence-electron chi connectivity index (χ0n) is 7.70. The minimum Gasteiger partial charge on any atom is -0.459 e. The highest BCUT2D eigenvalue weighted by Gasteiger charge is 2.08. The summed E-state index contributed by atoms with van der Waals surface area (Å²) in [5, 5.41) is 2.67. The molecule has 0 fully saturated rings. The van der Waals surface area contributed by atoms with Gasteiger partial charge in [0.1, 0.15) is 5.76 Å². The molecule has 2 rings (SSSR count). The molecular formula is C10H8BrNO3. The summed E-state index contributed by atoms with van der Waals surface area (Å²) < 4.78 is 10.8. The number of halogens is 1. The lowest BCUT2D eigenvalue weighted by atomic mass is 10.4. The van der Waals surface area contributed by atoms with E-state index < -0.39 is 0 Å². The number of carbonyl (C=O) groups excluding carboxylic acids is 1. The summed E-state index contributed by atoms with van der Waals surface area (Å²) >= 11 is 3.18. The van der Waals surface area contributed by atoms with Crippen molar-refractivity contribution in [3.63, 3.8) is 0 Å². The molecule has 0 atom stereocenters. The molecule has 0 radical (unpaired) electrons. The molecule has 2 aromatic heterocycles. The smallest absolute Gasteiger partial charge is 0.287 e. The first kappa shape index (κ1) is 10.0. The third-order valence-electron chi connectivity index (χ3n) is 1.80. The van der Waals surface area contributed by atoms with Crippen molar-refractivity contribution in [1.82, 2.24) is 5.32 Å². The second-order valence-corrected chi connectivity index (χ2v) is 3.65. The summed E-state index contributed by atoms with van der Waals surface area (Å²) in [5.41, 5.74) is 0. The van der Waals surface area contributed by atoms with Crippen LogP contribution in [0.5, 0.6) is 0 Å². The molecule has 0 aliphatic rings. The van der Waals surface area contributed by atoms with Crippen LogP contribution in [0.25, 0.3) is 0 Å². The van der Waals surface area contributed by atoms with Crippen molar-refractivity contribution in [2.45, 2.75) is 6.54 Å². The molecule has 15 heavy (non-hydrogen) atoms. The van der Waals surface area contributed by atoms with E-state index in [1.54, 1.807) is 24.3 Å². The Bertz CT molecular complexity index is 447. The van der Waals surface area contributed by atoms with Gasteiger partial charge in [0.2, 0.25) is 0 Å². The quantitative estimate of drug-likeness (QED) is 0.932. The first-order valence-electron chi connectivity index (χ1n) is 4.31. The Morgan fingerprint density at radius 2 is 2.27 bits per heavy atom. The van der Waals surface area contributed by atoms with E-state index in [1.165, 1.54) is 6.26 Å². The molecule has 0 aliphatic heterocycles. The van der Waals surface area contributed by atoms with Gasteiger partial charge >= 0.3 is 0 Å². The van der Waals surface area contributed by atoms with Crippen LogP contribution in [0.2, 0.25) is 0 Å². The van der Waals surface area contributed by atoms with Gasteiger partial charge in [-0.3, -0.25) is 4.79 Å². The number of hydrogen-bond donors (Lipinski definition) is 1. The van der Waals surface area contributed by atoms with E-state index in [2.05, 4.69) is 21.2 Å². The average molecular weight is 270 g/mol. The molecular weight excluding hydrogens is 262 g/mol. The van der Waals surface area contributed by atoms with Crippen molar-refractivity contribution >= 4 is 21.8 Å². The van der Waals surface area contributed by atoms with E-state index in [0.717, 1.165) is 0 Å². The van der Waals surface area contributed by atoms with Gasteiger partial charge in [0, 0.05) is 0 Å². The summed E-state index contributed by atoms with van der Waals surface area (Å²) in [5.74, 6) is 0.718. The lowest BCUT2D eigenvalue weighted by Gasteiger charge is -1.99. The Labute approximate surface area is 94.4 Å². The Hall–Kier alpha value is -1.49. The van der Waals surface area contributed by atoms with Crippen LogP contribution >= 0.6 is 15.9 Å². The predicted octanol–water partition coefficient (Wildman–Crippen LogP) is 2.57. The number of amides is 1. The predicted molar refractivity (Wildman–Crippen MR) is 56.3 cm³/mol. The van der Waals surface area contributed by atoms with Crippen molar-refractivity contribution in [2.24, 2.45) is 0 Å². The largest absolute Gasteiger partial charge is 0.459 e. The highest BCUT2D eigenvalue weighted by molar-refractivity contribution is 9.10. The zero-order chi connectivity index (χ0) is 10.7. The van der Waals surface area contributed by atoms with Crippen LogP contribution in [0, 0.1) is 0 Å². The lowest BCUT2D eigenvalue weighted by molar-refractivity contribution is 0.0920. The molecule has 5 heteroatoms. The minimum atomic E-state index is -0.257. The topological polar surface area (TPSA) is 55.4 Å². The molecule has 0 aliphatic carbocycles. The summed E-state index contributed by atoms with van der Waals surface area (Å²) in [6, 6.07) is 6.83. The van der Waals surface area contributed by atoms with E-state index in [4.69, 9.17) is 8.83 Å². The molecule has 2 aromatic rings. The van der Waals surface area contributed by atoms with Gasteiger partial charge in [-0.05, 0) is 40.2 Å². The van der Waals surface area contributed by atoms with Gasteiger partial charge < -0.3 is 14.2 Å². The molecule has 0 saturated carbocycles. The summed E-state index contributed by atoms with van der Waals surface area (Å²) in [6.45, 7) is 0.338. The van der Waals surface area contributed by atoms with Gasteiger partial charge in [0.25, 0.3) is 5.91 Å². The van der Waals surface area contributed by atoms with Crippen LogP contribution in [-0.2, 0) is 6.54 Å². The fourth-order valence-electron chi connectivity index (χ4n) is 1.11. The van der Waals surface area contributed by atoms with Crippen LogP contribution < -0.4 is 5.32 Å². The summed E-state index contributed by atoms with van der Waals surface area (Å²) in [6.07, 6.45) is 1.46. The van der Waals surface area contributed by atoms with Crippen LogP contribution in [-0.4, -0.2) is 5.91 Å². The van der Waals surface area contributed by atoms with Crippen LogP contribution in [0.15, 0.2) is 44.0 Å². The fraction of sp³-hybridized carbons (Fsp3) is 0.100. The van der Waals surface area contributed by atoms with Crippen molar-refractivity contribution in [2.75, 3.05) is 0 Å². The SMILES string of the molecule is O=C(NCc1ccc(Br)o1)c1ccco1. The highest BCUT2D eigenvalue weighted by atomic mass is 79.9. The Balaban J connectivity index is 1.91. The molecule has 4 nitrogen and oxygen atoms in total. The maximum Gasteiger partial charge on any atom is 0.287 e. The van der Waals surface area contributed by atoms with Crippen molar-refractivity contribution in [1.29, 1.82) is 0 Å². The van der Waals surface area contributed by atoms with Crippen molar-refractivity contribution < 1.29 is 13.6 Å². The van der Waals surface area contributed by atoms with Gasteiger partial charge in [-0.1, -0.05) is 0 Å². The number of rotatable bonds is 3. The Kier molecular flexibility index (Phi) is 2.91. The number of nitrogens with one attached hydrogen (secondary N) is 1. The summed E-state index contributed by atoms with van der Waals surface area (Å²) in [4.78, 5) is 11.4. The molecule has 0 aromatic carbocycles. The molecule has 0 bridgehead atoms. The van der Waals surface area contributed by atoms with Gasteiger partial charge in [-0.2, -0.15) is 0 Å². The van der Waals surface area contributed by atoms with Gasteiger partial charge in [0.05, 0.1) is 12.8 Å². The van der Waals surface area contributed by atoms with Crippen LogP contribution in [0.4, 0.5) is 0 Å². The molecule has 1 N–H and O–H groups in total. The first-order valence-corrected chi connectivity index (χ1v) is 5.11. The van der Waals surface area contributed by atoms with E-state index in [9.17, 15) is 4.79 Å². The van der Waals surface area contributed by atoms with Crippen LogP contribution in [0.3, 0.4) is 0 Å². The maximum atomic E-state index is 11.4. The van der Waals surface area contributed by atoms with Gasteiger partial charge in [0.15, 0.2) is 10.4 Å². The van der Waals surface area contributed by atoms with E-state index in [-0.39, 0.29) is 5.91 Å². The summed E-state index contributed by atoms with van der Waals surface area (Å²) in [7, 11) is 0. The van der Waals surface area contributed by atoms with Gasteiger partial charge in [-0.15, -0.1) is 0 Å². The first-order chi connectivity index (χ1) is 7.25. The third-order valence-corrected chi connectivity index (χ3v) is 2.22. The number of hydrogen-bond acceptors (Lipinski definition) is 3. The van der Waals surface area contributed by atoms with E-state index >= 15 is 0 Å². The van der Waals surface area contributed by atoms with Crippen LogP contribution in [0.1, 0.15) is 16.3 Å². The average Bonchev–Trinajstić information content (AvgIpc) is 2.84. The Morgan fingerprint density at radius 1 is 1.40 bits per heavy atom. The van der Waals surface area contributed by atoms with Crippen molar-refractivity contribution in [3.8, 4) is 0 Å². The number of furan rings is 2. The molecule has 0 unspecified atom stereocenters. The second kappa shape index (κ2) is 4.35. The standard InChI is InChI=1S/C10H8BrNO3/c11-9-4-3-7(15-9)6-12-10(13)8-2-1-5-14-8/h1-5H,6H2,(H,12,13). The van der Waals surface area contributed by atoms with E-state index in [1.807, 2.05) is 0 Å². The molecule has 0 saturated heterocycles. The minimum absolute atomic E-state index is 0.257. The van der Waals surface area contributed by atoms with E-state index in [0.29, 0.717) is 22.7 Å². The third kappa shape index (κ3) is 2.50. The van der Waals surface area contributed by atoms with Crippen molar-refractivity contribution in [3.05, 3.63) is 46.7 Å². The normalized spacial score (nSPS) is 10.2. The lowest BCUT2D eigenvalue weighted by Crippen LogP contribution is -2.21. The van der Waals surface area contributed by atoms with Gasteiger partial charge in [-0.25, -0.2) is 0 Å². The number of carbonyl (C=O) groups is 1. The maximum absolute atomic E-state index is 11.4. The molecule has 1 amide bonds. The fourth-order valence-corrected chi connectivity index (χ4v) is 1.45.